The van der Waals surface area contributed by atoms with Crippen molar-refractivity contribution in [3.8, 4) is 11.5 Å². The van der Waals surface area contributed by atoms with E-state index in [0.29, 0.717) is 21.5 Å². The van der Waals surface area contributed by atoms with Crippen LogP contribution >= 0.6 is 23.2 Å². The molecule has 0 aliphatic heterocycles. The maximum atomic E-state index is 11.8. The fraction of sp³-hybridized carbons (Fsp3) is 0.231. The molecule has 0 radical (unpaired) electrons. The first-order valence-corrected chi connectivity index (χ1v) is 6.61. The predicted molar refractivity (Wildman–Crippen MR) is 72.4 cm³/mol. The highest BCUT2D eigenvalue weighted by atomic mass is 35.5. The van der Waals surface area contributed by atoms with Crippen molar-refractivity contribution in [2.75, 3.05) is 0 Å². The lowest BCUT2D eigenvalue weighted by atomic mass is 10.2. The minimum atomic E-state index is -0.211. The molecule has 1 N–H and O–H groups in total. The standard InChI is InChI=1S/C13H10Cl2N2O2/c14-9-4-1-7(5-10(9)15)13-17-11(6-19-13)12(18)16-8-2-3-8/h1,4-6,8H,2-3H2,(H,16,18). The van der Waals surface area contributed by atoms with E-state index in [9.17, 15) is 4.79 Å². The quantitative estimate of drug-likeness (QED) is 0.942. The number of halogens is 2. The molecule has 0 saturated heterocycles. The molecule has 0 unspecified atom stereocenters. The molecule has 1 amide bonds. The summed E-state index contributed by atoms with van der Waals surface area (Å²) in [6.45, 7) is 0. The molecule has 98 valence electrons. The molecule has 0 atom stereocenters. The molecule has 1 saturated carbocycles. The fourth-order valence-electron chi connectivity index (χ4n) is 1.63. The van der Waals surface area contributed by atoms with Crippen molar-refractivity contribution in [2.45, 2.75) is 18.9 Å². The molecule has 2 aromatic rings. The van der Waals surface area contributed by atoms with Crippen LogP contribution in [0.4, 0.5) is 0 Å². The van der Waals surface area contributed by atoms with Crippen LogP contribution in [0.1, 0.15) is 23.3 Å². The van der Waals surface area contributed by atoms with Crippen molar-refractivity contribution in [3.63, 3.8) is 0 Å². The molecule has 3 rings (SSSR count). The second-order valence-electron chi connectivity index (χ2n) is 4.41. The summed E-state index contributed by atoms with van der Waals surface area (Å²) < 4.78 is 5.30. The van der Waals surface area contributed by atoms with Crippen LogP contribution in [0.5, 0.6) is 0 Å². The molecule has 4 nitrogen and oxygen atoms in total. The summed E-state index contributed by atoms with van der Waals surface area (Å²) in [5.74, 6) is 0.136. The number of hydrogen-bond donors (Lipinski definition) is 1. The molecular weight excluding hydrogens is 287 g/mol. The van der Waals surface area contributed by atoms with E-state index in [-0.39, 0.29) is 17.6 Å². The summed E-state index contributed by atoms with van der Waals surface area (Å²) in [4.78, 5) is 15.9. The van der Waals surface area contributed by atoms with Gasteiger partial charge in [-0.05, 0) is 31.0 Å². The van der Waals surface area contributed by atoms with Crippen molar-refractivity contribution in [3.05, 3.63) is 40.2 Å². The lowest BCUT2D eigenvalue weighted by molar-refractivity contribution is 0.0946. The van der Waals surface area contributed by atoms with Gasteiger partial charge in [-0.3, -0.25) is 4.79 Å². The van der Waals surface area contributed by atoms with E-state index >= 15 is 0 Å². The number of nitrogens with zero attached hydrogens (tertiary/aromatic N) is 1. The minimum absolute atomic E-state index is 0.211. The van der Waals surface area contributed by atoms with Crippen LogP contribution in [0.2, 0.25) is 10.0 Å². The highest BCUT2D eigenvalue weighted by Crippen LogP contribution is 2.28. The minimum Gasteiger partial charge on any atom is -0.444 e. The Labute approximate surface area is 119 Å². The van der Waals surface area contributed by atoms with Crippen molar-refractivity contribution in [1.29, 1.82) is 0 Å². The molecule has 0 bridgehead atoms. The highest BCUT2D eigenvalue weighted by Gasteiger charge is 2.25. The SMILES string of the molecule is O=C(NC1CC1)c1coc(-c2ccc(Cl)c(Cl)c2)n1. The first-order valence-electron chi connectivity index (χ1n) is 5.85. The van der Waals surface area contributed by atoms with Gasteiger partial charge < -0.3 is 9.73 Å². The summed E-state index contributed by atoms with van der Waals surface area (Å²) in [6.07, 6.45) is 3.40. The van der Waals surface area contributed by atoms with Gasteiger partial charge in [0.1, 0.15) is 6.26 Å². The van der Waals surface area contributed by atoms with Gasteiger partial charge in [0, 0.05) is 11.6 Å². The van der Waals surface area contributed by atoms with Gasteiger partial charge in [0.15, 0.2) is 5.69 Å². The predicted octanol–water partition coefficient (Wildman–Crippen LogP) is 3.54. The zero-order chi connectivity index (χ0) is 13.4. The normalized spacial score (nSPS) is 14.4. The van der Waals surface area contributed by atoms with Crippen molar-refractivity contribution in [2.24, 2.45) is 0 Å². The van der Waals surface area contributed by atoms with Gasteiger partial charge >= 0.3 is 0 Å². The van der Waals surface area contributed by atoms with Gasteiger partial charge in [-0.1, -0.05) is 23.2 Å². The third kappa shape index (κ3) is 2.74. The highest BCUT2D eigenvalue weighted by molar-refractivity contribution is 6.42. The van der Waals surface area contributed by atoms with Gasteiger partial charge in [0.25, 0.3) is 5.91 Å². The summed E-state index contributed by atoms with van der Waals surface area (Å²) in [7, 11) is 0. The second kappa shape index (κ2) is 4.87. The number of nitrogens with one attached hydrogen (secondary N) is 1. The van der Waals surface area contributed by atoms with Gasteiger partial charge in [-0.2, -0.15) is 0 Å². The molecule has 1 heterocycles. The third-order valence-electron chi connectivity index (χ3n) is 2.82. The maximum absolute atomic E-state index is 11.8. The van der Waals surface area contributed by atoms with E-state index in [0.717, 1.165) is 12.8 Å². The number of amides is 1. The lowest BCUT2D eigenvalue weighted by Gasteiger charge is -1.99. The Balaban J connectivity index is 1.83. The van der Waals surface area contributed by atoms with E-state index in [2.05, 4.69) is 10.3 Å². The number of oxazole rings is 1. The molecule has 0 spiro atoms. The molecular formula is C13H10Cl2N2O2. The van der Waals surface area contributed by atoms with Gasteiger partial charge in [-0.25, -0.2) is 4.98 Å². The van der Waals surface area contributed by atoms with Crippen LogP contribution < -0.4 is 5.32 Å². The number of rotatable bonds is 3. The monoisotopic (exact) mass is 296 g/mol. The molecule has 1 aromatic heterocycles. The van der Waals surface area contributed by atoms with Gasteiger partial charge in [0.2, 0.25) is 5.89 Å². The molecule has 1 fully saturated rings. The molecule has 1 aromatic carbocycles. The van der Waals surface area contributed by atoms with Crippen molar-refractivity contribution >= 4 is 29.1 Å². The Morgan fingerprint density at radius 3 is 2.79 bits per heavy atom. The molecule has 19 heavy (non-hydrogen) atoms. The van der Waals surface area contributed by atoms with Crippen LogP contribution in [0.15, 0.2) is 28.9 Å². The number of benzene rings is 1. The average Bonchev–Trinajstić information content (AvgIpc) is 3.06. The lowest BCUT2D eigenvalue weighted by Crippen LogP contribution is -2.25. The zero-order valence-corrected chi connectivity index (χ0v) is 11.3. The first-order chi connectivity index (χ1) is 9.13. The Kier molecular flexibility index (Phi) is 3.21. The maximum Gasteiger partial charge on any atom is 0.273 e. The largest absolute Gasteiger partial charge is 0.444 e. The Hall–Kier alpha value is -1.52. The first kappa shape index (κ1) is 12.5. The summed E-state index contributed by atoms with van der Waals surface area (Å²) in [5.41, 5.74) is 0.952. The van der Waals surface area contributed by atoms with Crippen LogP contribution in [0.25, 0.3) is 11.5 Å². The van der Waals surface area contributed by atoms with Crippen molar-refractivity contribution < 1.29 is 9.21 Å². The number of hydrogen-bond acceptors (Lipinski definition) is 3. The van der Waals surface area contributed by atoms with Gasteiger partial charge in [0.05, 0.1) is 10.0 Å². The Morgan fingerprint density at radius 1 is 1.32 bits per heavy atom. The number of carbonyl (C=O) groups is 1. The van der Waals surface area contributed by atoms with E-state index < -0.39 is 0 Å². The van der Waals surface area contributed by atoms with E-state index in [4.69, 9.17) is 27.6 Å². The van der Waals surface area contributed by atoms with Crippen LogP contribution in [0.3, 0.4) is 0 Å². The van der Waals surface area contributed by atoms with Crippen LogP contribution in [-0.2, 0) is 0 Å². The van der Waals surface area contributed by atoms with E-state index in [1.54, 1.807) is 18.2 Å². The summed E-state index contributed by atoms with van der Waals surface area (Å²) in [6, 6.07) is 5.34. The molecule has 6 heteroatoms. The van der Waals surface area contributed by atoms with Crippen LogP contribution in [0, 0.1) is 0 Å². The molecule has 1 aliphatic rings. The smallest absolute Gasteiger partial charge is 0.273 e. The number of carbonyl (C=O) groups excluding carboxylic acids is 1. The second-order valence-corrected chi connectivity index (χ2v) is 5.23. The summed E-state index contributed by atoms with van der Waals surface area (Å²) in [5, 5.41) is 3.73. The zero-order valence-electron chi connectivity index (χ0n) is 9.82. The Morgan fingerprint density at radius 2 is 2.11 bits per heavy atom. The Bertz CT molecular complexity index is 635. The molecule has 1 aliphatic carbocycles. The summed E-state index contributed by atoms with van der Waals surface area (Å²) >= 11 is 11.8. The fourth-order valence-corrected chi connectivity index (χ4v) is 1.92. The van der Waals surface area contributed by atoms with E-state index in [1.807, 2.05) is 0 Å². The third-order valence-corrected chi connectivity index (χ3v) is 3.55. The topological polar surface area (TPSA) is 55.1 Å². The van der Waals surface area contributed by atoms with E-state index in [1.165, 1.54) is 6.26 Å². The van der Waals surface area contributed by atoms with Crippen LogP contribution in [-0.4, -0.2) is 16.9 Å². The average molecular weight is 297 g/mol. The van der Waals surface area contributed by atoms with Crippen molar-refractivity contribution in [1.82, 2.24) is 10.3 Å². The van der Waals surface area contributed by atoms with Gasteiger partial charge in [-0.15, -0.1) is 0 Å². The number of aromatic nitrogens is 1.